The highest BCUT2D eigenvalue weighted by Gasteiger charge is 2.18. The summed E-state index contributed by atoms with van der Waals surface area (Å²) in [6.45, 7) is 0. The quantitative estimate of drug-likeness (QED) is 0.210. The number of hydrogen-bond donors (Lipinski definition) is 0. The number of aromatic nitrogens is 4. The summed E-state index contributed by atoms with van der Waals surface area (Å²) in [5, 5.41) is 3.12. The van der Waals surface area contributed by atoms with Crippen LogP contribution in [-0.2, 0) is 0 Å². The minimum Gasteiger partial charge on any atom is -0.456 e. The first kappa shape index (κ1) is 16.5. The van der Waals surface area contributed by atoms with Gasteiger partial charge in [0.05, 0.1) is 24.7 Å². The smallest absolute Gasteiger partial charge is 0.238 e. The van der Waals surface area contributed by atoms with Crippen molar-refractivity contribution >= 4 is 43.7 Å². The van der Waals surface area contributed by atoms with Gasteiger partial charge in [-0.25, -0.2) is 4.98 Å². The van der Waals surface area contributed by atoms with E-state index in [1.807, 2.05) is 53.1 Å². The summed E-state index contributed by atoms with van der Waals surface area (Å²) in [4.78, 5) is 14.4. The largest absolute Gasteiger partial charge is 0.456 e. The van der Waals surface area contributed by atoms with E-state index in [1.54, 1.807) is 36.4 Å². The second-order valence-electron chi connectivity index (χ2n) is 10.2. The molecule has 44 heavy (non-hydrogen) atoms. The Bertz CT molecular complexity index is 2970. The molecule has 0 amide bonds. The van der Waals surface area contributed by atoms with Crippen LogP contribution in [0.25, 0.3) is 83.6 Å². The third-order valence-corrected chi connectivity index (χ3v) is 7.64. The van der Waals surface area contributed by atoms with Gasteiger partial charge in [-0.1, -0.05) is 103 Å². The third kappa shape index (κ3) is 3.91. The maximum Gasteiger partial charge on any atom is 0.238 e. The molecule has 0 aliphatic carbocycles. The van der Waals surface area contributed by atoms with Gasteiger partial charge < -0.3 is 4.42 Å². The molecule has 3 aromatic heterocycles. The number of hydrogen-bond acceptors (Lipinski definition) is 4. The zero-order valence-corrected chi connectivity index (χ0v) is 22.8. The summed E-state index contributed by atoms with van der Waals surface area (Å²) in [6, 6.07) is 21.3. The Morgan fingerprint density at radius 3 is 1.64 bits per heavy atom. The zero-order valence-electron chi connectivity index (χ0n) is 32.8. The molecule has 0 radical (unpaired) electrons. The number of rotatable bonds is 4. The molecule has 5 nitrogen and oxygen atoms in total. The summed E-state index contributed by atoms with van der Waals surface area (Å²) in [5.74, 6) is 0.205. The van der Waals surface area contributed by atoms with Gasteiger partial charge in [0.15, 0.2) is 11.6 Å². The van der Waals surface area contributed by atoms with E-state index >= 15 is 0 Å². The van der Waals surface area contributed by atoms with Gasteiger partial charge in [-0.2, -0.15) is 9.97 Å². The van der Waals surface area contributed by atoms with Crippen LogP contribution in [0.5, 0.6) is 0 Å². The van der Waals surface area contributed by atoms with E-state index in [0.29, 0.717) is 33.1 Å². The molecule has 0 unspecified atom stereocenters. The second kappa shape index (κ2) is 9.75. The number of furan rings is 1. The Morgan fingerprint density at radius 1 is 0.477 bits per heavy atom. The Morgan fingerprint density at radius 2 is 1.00 bits per heavy atom. The lowest BCUT2D eigenvalue weighted by Crippen LogP contribution is -2.06. The summed E-state index contributed by atoms with van der Waals surface area (Å²) >= 11 is 0. The average molecular weight is 575 g/mol. The molecule has 9 aromatic rings. The van der Waals surface area contributed by atoms with Crippen molar-refractivity contribution in [2.45, 2.75) is 0 Å². The van der Waals surface area contributed by atoms with Gasteiger partial charge >= 0.3 is 0 Å². The summed E-state index contributed by atoms with van der Waals surface area (Å²) in [5.41, 5.74) is 3.38. The van der Waals surface area contributed by atoms with Crippen LogP contribution in [0.4, 0.5) is 0 Å². The van der Waals surface area contributed by atoms with Gasteiger partial charge in [0.1, 0.15) is 11.2 Å². The monoisotopic (exact) mass is 574 g/mol. The van der Waals surface area contributed by atoms with Crippen LogP contribution in [0, 0.1) is 0 Å². The normalized spacial score (nSPS) is 14.8. The molecule has 0 bridgehead atoms. The predicted molar refractivity (Wildman–Crippen MR) is 178 cm³/mol. The van der Waals surface area contributed by atoms with Gasteiger partial charge in [0.25, 0.3) is 0 Å². The fourth-order valence-electron chi connectivity index (χ4n) is 5.67. The van der Waals surface area contributed by atoms with Crippen molar-refractivity contribution in [3.63, 3.8) is 0 Å². The fourth-order valence-corrected chi connectivity index (χ4v) is 5.67. The van der Waals surface area contributed by atoms with E-state index in [-0.39, 0.29) is 40.8 Å². The molecule has 0 aliphatic rings. The molecule has 5 heteroatoms. The van der Waals surface area contributed by atoms with Crippen LogP contribution in [0.15, 0.2) is 150 Å². The SMILES string of the molecule is [2H]c1c([2H])c([2H])c(-c2ccc3oc4ccc(-c5nc(-c6c([2H])c([2H])c([2H])c([2H])c6[2H])nc(-n6c7ccccc7c7ccccc76)n5)cc4c3c2)c([2H])c1[2H]. The van der Waals surface area contributed by atoms with Crippen LogP contribution in [-0.4, -0.2) is 19.5 Å². The topological polar surface area (TPSA) is 56.7 Å². The second-order valence-corrected chi connectivity index (χ2v) is 10.2. The first-order valence-corrected chi connectivity index (χ1v) is 13.8. The van der Waals surface area contributed by atoms with E-state index in [2.05, 4.69) is 0 Å². The van der Waals surface area contributed by atoms with Gasteiger partial charge in [-0.3, -0.25) is 4.57 Å². The van der Waals surface area contributed by atoms with Crippen molar-refractivity contribution in [3.05, 3.63) is 145 Å². The van der Waals surface area contributed by atoms with E-state index < -0.39 is 48.3 Å². The average Bonchev–Trinajstić information content (AvgIpc) is 3.73. The maximum atomic E-state index is 8.74. The highest BCUT2D eigenvalue weighted by molar-refractivity contribution is 6.09. The summed E-state index contributed by atoms with van der Waals surface area (Å²) < 4.78 is 91.7. The number of nitrogens with zero attached hydrogens (tertiary/aromatic N) is 4. The van der Waals surface area contributed by atoms with Crippen LogP contribution in [0.1, 0.15) is 13.7 Å². The Kier molecular flexibility index (Phi) is 3.66. The van der Waals surface area contributed by atoms with E-state index in [1.165, 1.54) is 0 Å². The van der Waals surface area contributed by atoms with E-state index in [9.17, 15) is 0 Å². The summed E-state index contributed by atoms with van der Waals surface area (Å²) in [6.07, 6.45) is 0. The molecule has 6 aromatic carbocycles. The van der Waals surface area contributed by atoms with Crippen LogP contribution in [0.2, 0.25) is 0 Å². The van der Waals surface area contributed by atoms with Crippen molar-refractivity contribution < 1.29 is 18.1 Å². The molecule has 0 N–H and O–H groups in total. The van der Waals surface area contributed by atoms with Crippen LogP contribution < -0.4 is 0 Å². The molecule has 0 spiro atoms. The molecule has 0 saturated carbocycles. The summed E-state index contributed by atoms with van der Waals surface area (Å²) in [7, 11) is 0. The van der Waals surface area contributed by atoms with E-state index in [0.717, 1.165) is 21.8 Å². The van der Waals surface area contributed by atoms with Gasteiger partial charge in [-0.15, -0.1) is 0 Å². The Balaban J connectivity index is 1.31. The fraction of sp³-hybridized carbons (Fsp3) is 0. The van der Waals surface area contributed by atoms with Crippen molar-refractivity contribution in [2.24, 2.45) is 0 Å². The molecule has 9 rings (SSSR count). The molecule has 0 fully saturated rings. The minimum atomic E-state index is -0.536. The van der Waals surface area contributed by atoms with Crippen LogP contribution >= 0.6 is 0 Å². The molecular formula is C39H24N4O. The molecule has 3 heterocycles. The van der Waals surface area contributed by atoms with E-state index in [4.69, 9.17) is 33.1 Å². The lowest BCUT2D eigenvalue weighted by Gasteiger charge is -2.11. The third-order valence-electron chi connectivity index (χ3n) is 7.64. The first-order valence-electron chi connectivity index (χ1n) is 18.8. The van der Waals surface area contributed by atoms with Crippen molar-refractivity contribution in [3.8, 4) is 39.9 Å². The predicted octanol–water partition coefficient (Wildman–Crippen LogP) is 9.87. The number of para-hydroxylation sites is 2. The lowest BCUT2D eigenvalue weighted by molar-refractivity contribution is 0.669. The van der Waals surface area contributed by atoms with Gasteiger partial charge in [0.2, 0.25) is 5.95 Å². The first-order chi connectivity index (χ1) is 25.9. The lowest BCUT2D eigenvalue weighted by atomic mass is 10.0. The maximum absolute atomic E-state index is 8.74. The highest BCUT2D eigenvalue weighted by atomic mass is 16.3. The standard InChI is InChI=1S/C39H24N4O/c1-3-11-25(12-4-1)27-19-21-35-31(23-27)32-24-28(20-22-36(32)44-35)38-40-37(26-13-5-2-6-14-26)41-39(42-38)43-33-17-9-7-15-29(33)30-16-8-10-18-34(30)43/h1-24H/i1D,2D,3D,4D,5D,6D,11D,12D,13D,14D. The van der Waals surface area contributed by atoms with Crippen molar-refractivity contribution in [2.75, 3.05) is 0 Å². The molecule has 0 atom stereocenters. The molecular weight excluding hydrogens is 540 g/mol. The molecule has 206 valence electrons. The highest BCUT2D eigenvalue weighted by Crippen LogP contribution is 2.36. The molecule has 0 aliphatic heterocycles. The molecule has 0 saturated heterocycles. The van der Waals surface area contributed by atoms with Crippen molar-refractivity contribution in [1.29, 1.82) is 0 Å². The number of benzene rings is 6. The zero-order chi connectivity index (χ0) is 37.7. The van der Waals surface area contributed by atoms with Crippen LogP contribution in [0.3, 0.4) is 0 Å². The van der Waals surface area contributed by atoms with Gasteiger partial charge in [0, 0.05) is 32.7 Å². The Hall–Kier alpha value is -6.07. The minimum absolute atomic E-state index is 0.0601. The van der Waals surface area contributed by atoms with Crippen molar-refractivity contribution in [1.82, 2.24) is 19.5 Å². The number of fused-ring (bicyclic) bond motifs is 6. The Labute approximate surface area is 266 Å². The van der Waals surface area contributed by atoms with Gasteiger partial charge in [-0.05, 0) is 53.6 Å².